The predicted octanol–water partition coefficient (Wildman–Crippen LogP) is 2.24. The first kappa shape index (κ1) is 13.3. The number of hydrogen-bond donors (Lipinski definition) is 2. The van der Waals surface area contributed by atoms with Crippen molar-refractivity contribution in [2.75, 3.05) is 0 Å². The molecule has 96 valence electrons. The average molecular weight is 309 g/mol. The number of hydrogen-bond acceptors (Lipinski definition) is 3. The van der Waals surface area contributed by atoms with Crippen LogP contribution in [0.4, 0.5) is 0 Å². The number of aryl methyl sites for hydroxylation is 1. The van der Waals surface area contributed by atoms with Gasteiger partial charge in [-0.1, -0.05) is 28.1 Å². The van der Waals surface area contributed by atoms with E-state index in [9.17, 15) is 0 Å². The second-order valence-corrected chi connectivity index (χ2v) is 5.25. The molecule has 0 bridgehead atoms. The lowest BCUT2D eigenvalue weighted by Crippen LogP contribution is -2.30. The highest BCUT2D eigenvalue weighted by Gasteiger charge is 2.14. The highest BCUT2D eigenvalue weighted by Crippen LogP contribution is 2.26. The third-order valence-corrected chi connectivity index (χ3v) is 3.94. The van der Waals surface area contributed by atoms with Crippen molar-refractivity contribution in [1.29, 1.82) is 0 Å². The van der Waals surface area contributed by atoms with E-state index in [-0.39, 0.29) is 6.04 Å². The highest BCUT2D eigenvalue weighted by atomic mass is 79.9. The molecule has 2 aromatic rings. The molecule has 18 heavy (non-hydrogen) atoms. The molecule has 1 atom stereocenters. The summed E-state index contributed by atoms with van der Waals surface area (Å²) in [4.78, 5) is 0. The zero-order chi connectivity index (χ0) is 13.1. The summed E-state index contributed by atoms with van der Waals surface area (Å²) >= 11 is 3.55. The van der Waals surface area contributed by atoms with Crippen molar-refractivity contribution in [3.8, 4) is 0 Å². The molecule has 0 amide bonds. The summed E-state index contributed by atoms with van der Waals surface area (Å²) in [6.45, 7) is 2.09. The van der Waals surface area contributed by atoms with E-state index in [0.717, 1.165) is 10.9 Å². The maximum Gasteiger partial charge on any atom is 0.0522 e. The van der Waals surface area contributed by atoms with Crippen LogP contribution in [0.1, 0.15) is 22.7 Å². The summed E-state index contributed by atoms with van der Waals surface area (Å²) in [6.07, 6.45) is 4.71. The molecule has 5 heteroatoms. The number of benzene rings is 1. The molecule has 4 nitrogen and oxygen atoms in total. The summed E-state index contributed by atoms with van der Waals surface area (Å²) in [7, 11) is 1.92. The highest BCUT2D eigenvalue weighted by molar-refractivity contribution is 9.10. The Morgan fingerprint density at radius 2 is 2.28 bits per heavy atom. The van der Waals surface area contributed by atoms with Crippen molar-refractivity contribution in [1.82, 2.24) is 15.2 Å². The summed E-state index contributed by atoms with van der Waals surface area (Å²) in [5.41, 5.74) is 6.47. The molecule has 1 heterocycles. The minimum absolute atomic E-state index is 0.0895. The topological polar surface area (TPSA) is 55.9 Å². The van der Waals surface area contributed by atoms with E-state index in [4.69, 9.17) is 5.84 Å². The van der Waals surface area contributed by atoms with Crippen LogP contribution in [0.3, 0.4) is 0 Å². The fourth-order valence-corrected chi connectivity index (χ4v) is 2.45. The molecule has 2 rings (SSSR count). The van der Waals surface area contributed by atoms with Gasteiger partial charge in [0.15, 0.2) is 0 Å². The molecule has 1 aromatic carbocycles. The number of halogens is 1. The fraction of sp³-hybridized carbons (Fsp3) is 0.308. The van der Waals surface area contributed by atoms with Gasteiger partial charge in [-0.15, -0.1) is 0 Å². The molecule has 0 fully saturated rings. The molecule has 0 saturated heterocycles. The Labute approximate surface area is 115 Å². The van der Waals surface area contributed by atoms with Gasteiger partial charge in [0.05, 0.1) is 12.2 Å². The van der Waals surface area contributed by atoms with Crippen molar-refractivity contribution in [3.63, 3.8) is 0 Å². The van der Waals surface area contributed by atoms with Gasteiger partial charge in [-0.25, -0.2) is 0 Å². The van der Waals surface area contributed by atoms with Crippen LogP contribution in [0.25, 0.3) is 0 Å². The molecular weight excluding hydrogens is 292 g/mol. The van der Waals surface area contributed by atoms with Crippen LogP contribution in [0, 0.1) is 6.92 Å². The normalized spacial score (nSPS) is 12.7. The van der Waals surface area contributed by atoms with Gasteiger partial charge in [-0.2, -0.15) is 5.10 Å². The molecule has 0 radical (unpaired) electrons. The van der Waals surface area contributed by atoms with Gasteiger partial charge in [0.2, 0.25) is 0 Å². The van der Waals surface area contributed by atoms with Gasteiger partial charge in [-0.05, 0) is 36.1 Å². The van der Waals surface area contributed by atoms with E-state index in [1.54, 1.807) is 4.68 Å². The number of hydrazine groups is 1. The Hall–Kier alpha value is -1.17. The van der Waals surface area contributed by atoms with Crippen LogP contribution in [-0.4, -0.2) is 9.78 Å². The largest absolute Gasteiger partial charge is 0.276 e. The van der Waals surface area contributed by atoms with Crippen LogP contribution < -0.4 is 11.3 Å². The standard InChI is InChI=1S/C13H17BrN4/c1-9-11(4-3-5-12(9)14)13(17-15)6-10-7-16-18(2)8-10/h3-5,7-8,13,17H,6,15H2,1-2H3. The monoisotopic (exact) mass is 308 g/mol. The number of nitrogens with zero attached hydrogens (tertiary/aromatic N) is 2. The molecule has 0 saturated carbocycles. The van der Waals surface area contributed by atoms with Gasteiger partial charge in [0.25, 0.3) is 0 Å². The van der Waals surface area contributed by atoms with E-state index in [1.807, 2.05) is 31.6 Å². The minimum Gasteiger partial charge on any atom is -0.276 e. The average Bonchev–Trinajstić information content (AvgIpc) is 2.76. The van der Waals surface area contributed by atoms with Gasteiger partial charge in [0.1, 0.15) is 0 Å². The third-order valence-electron chi connectivity index (χ3n) is 3.08. The van der Waals surface area contributed by atoms with Gasteiger partial charge >= 0.3 is 0 Å². The lowest BCUT2D eigenvalue weighted by Gasteiger charge is -2.18. The van der Waals surface area contributed by atoms with Crippen molar-refractivity contribution < 1.29 is 0 Å². The summed E-state index contributed by atoms with van der Waals surface area (Å²) in [5, 5.41) is 4.18. The van der Waals surface area contributed by atoms with Crippen molar-refractivity contribution in [2.24, 2.45) is 12.9 Å². The van der Waals surface area contributed by atoms with Crippen molar-refractivity contribution in [2.45, 2.75) is 19.4 Å². The maximum atomic E-state index is 5.69. The van der Waals surface area contributed by atoms with Crippen LogP contribution >= 0.6 is 15.9 Å². The number of rotatable bonds is 4. The van der Waals surface area contributed by atoms with Crippen LogP contribution in [-0.2, 0) is 13.5 Å². The summed E-state index contributed by atoms with van der Waals surface area (Å²) in [6, 6.07) is 6.25. The smallest absolute Gasteiger partial charge is 0.0522 e. The number of aromatic nitrogens is 2. The number of nitrogens with one attached hydrogen (secondary N) is 1. The van der Waals surface area contributed by atoms with E-state index in [0.29, 0.717) is 0 Å². The lowest BCUT2D eigenvalue weighted by molar-refractivity contribution is 0.549. The third kappa shape index (κ3) is 2.80. The molecule has 1 unspecified atom stereocenters. The maximum absolute atomic E-state index is 5.69. The van der Waals surface area contributed by atoms with Crippen LogP contribution in [0.15, 0.2) is 35.1 Å². The van der Waals surface area contributed by atoms with Crippen LogP contribution in [0.5, 0.6) is 0 Å². The van der Waals surface area contributed by atoms with E-state index in [1.165, 1.54) is 16.7 Å². The zero-order valence-corrected chi connectivity index (χ0v) is 12.1. The quantitative estimate of drug-likeness (QED) is 0.673. The molecule has 0 spiro atoms. The SMILES string of the molecule is Cc1c(Br)cccc1C(Cc1cnn(C)c1)NN. The molecule has 0 aliphatic rings. The van der Waals surface area contributed by atoms with Gasteiger partial charge in [-0.3, -0.25) is 16.0 Å². The summed E-state index contributed by atoms with van der Waals surface area (Å²) in [5.74, 6) is 5.69. The van der Waals surface area contributed by atoms with Crippen LogP contribution in [0.2, 0.25) is 0 Å². The molecule has 1 aromatic heterocycles. The van der Waals surface area contributed by atoms with E-state index in [2.05, 4.69) is 39.4 Å². The zero-order valence-electron chi connectivity index (χ0n) is 10.5. The second-order valence-electron chi connectivity index (χ2n) is 4.40. The predicted molar refractivity (Wildman–Crippen MR) is 75.9 cm³/mol. The Balaban J connectivity index is 2.25. The minimum atomic E-state index is 0.0895. The Morgan fingerprint density at radius 1 is 1.50 bits per heavy atom. The van der Waals surface area contributed by atoms with E-state index >= 15 is 0 Å². The van der Waals surface area contributed by atoms with Gasteiger partial charge in [0, 0.05) is 17.7 Å². The lowest BCUT2D eigenvalue weighted by atomic mass is 9.97. The summed E-state index contributed by atoms with van der Waals surface area (Å²) < 4.78 is 2.91. The fourth-order valence-electron chi connectivity index (χ4n) is 2.07. The molecule has 3 N–H and O–H groups in total. The first-order valence-electron chi connectivity index (χ1n) is 5.80. The van der Waals surface area contributed by atoms with Crippen molar-refractivity contribution in [3.05, 3.63) is 51.8 Å². The molecule has 0 aliphatic heterocycles. The Kier molecular flexibility index (Phi) is 4.16. The van der Waals surface area contributed by atoms with Crippen molar-refractivity contribution >= 4 is 15.9 Å². The molecule has 0 aliphatic carbocycles. The number of nitrogens with two attached hydrogens (primary N) is 1. The molecular formula is C13H17BrN4. The second kappa shape index (κ2) is 5.65. The Bertz CT molecular complexity index is 536. The first-order chi connectivity index (χ1) is 8.61. The van der Waals surface area contributed by atoms with Gasteiger partial charge < -0.3 is 0 Å². The van der Waals surface area contributed by atoms with E-state index < -0.39 is 0 Å². The Morgan fingerprint density at radius 3 is 2.89 bits per heavy atom. The first-order valence-corrected chi connectivity index (χ1v) is 6.59.